The molecule has 1 aliphatic heterocycles. The van der Waals surface area contributed by atoms with Gasteiger partial charge in [-0.15, -0.1) is 0 Å². The number of ether oxygens (including phenoxy) is 2. The van der Waals surface area contributed by atoms with E-state index < -0.39 is 5.97 Å². The van der Waals surface area contributed by atoms with Gasteiger partial charge in [0.05, 0.1) is 18.6 Å². The number of cyclic esters (lactones) is 1. The highest BCUT2D eigenvalue weighted by atomic mass is 16.5. The van der Waals surface area contributed by atoms with Gasteiger partial charge in [-0.25, -0.2) is 4.79 Å². The van der Waals surface area contributed by atoms with Gasteiger partial charge >= 0.3 is 11.9 Å². The van der Waals surface area contributed by atoms with Crippen LogP contribution in [0, 0.1) is 5.92 Å². The lowest BCUT2D eigenvalue weighted by atomic mass is 9.90. The molecular weight excluding hydrogens is 244 g/mol. The first-order chi connectivity index (χ1) is 9.11. The minimum Gasteiger partial charge on any atom is -0.466 e. The van der Waals surface area contributed by atoms with E-state index in [2.05, 4.69) is 0 Å². The lowest BCUT2D eigenvalue weighted by Gasteiger charge is -2.23. The van der Waals surface area contributed by atoms with E-state index in [1.807, 2.05) is 30.3 Å². The Morgan fingerprint density at radius 1 is 1.37 bits per heavy atom. The van der Waals surface area contributed by atoms with E-state index in [1.54, 1.807) is 6.92 Å². The van der Waals surface area contributed by atoms with Crippen molar-refractivity contribution in [3.63, 3.8) is 0 Å². The van der Waals surface area contributed by atoms with Crippen molar-refractivity contribution in [2.75, 3.05) is 7.11 Å². The third kappa shape index (κ3) is 3.02. The highest BCUT2D eigenvalue weighted by molar-refractivity contribution is 5.92. The Kier molecular flexibility index (Phi) is 4.00. The Balaban J connectivity index is 2.15. The van der Waals surface area contributed by atoms with Gasteiger partial charge in [0.2, 0.25) is 0 Å². The van der Waals surface area contributed by atoms with E-state index in [9.17, 15) is 9.59 Å². The fraction of sp³-hybridized carbons (Fsp3) is 0.333. The second kappa shape index (κ2) is 5.69. The normalized spacial score (nSPS) is 19.1. The molecule has 0 aromatic heterocycles. The van der Waals surface area contributed by atoms with Gasteiger partial charge in [-0.1, -0.05) is 30.3 Å². The van der Waals surface area contributed by atoms with Crippen LogP contribution >= 0.6 is 0 Å². The van der Waals surface area contributed by atoms with Gasteiger partial charge in [0.25, 0.3) is 0 Å². The van der Waals surface area contributed by atoms with Crippen LogP contribution in [0.4, 0.5) is 0 Å². The quantitative estimate of drug-likeness (QED) is 0.782. The summed E-state index contributed by atoms with van der Waals surface area (Å²) in [7, 11) is 1.32. The van der Waals surface area contributed by atoms with Gasteiger partial charge < -0.3 is 9.47 Å². The topological polar surface area (TPSA) is 52.6 Å². The Morgan fingerprint density at radius 2 is 2.05 bits per heavy atom. The van der Waals surface area contributed by atoms with Crippen LogP contribution in [-0.2, 0) is 25.5 Å². The van der Waals surface area contributed by atoms with E-state index in [0.29, 0.717) is 24.2 Å². The summed E-state index contributed by atoms with van der Waals surface area (Å²) in [5.74, 6) is -0.696. The summed E-state index contributed by atoms with van der Waals surface area (Å²) >= 11 is 0. The number of hydrogen-bond acceptors (Lipinski definition) is 4. The maximum absolute atomic E-state index is 11.9. The van der Waals surface area contributed by atoms with Crippen LogP contribution in [0.3, 0.4) is 0 Å². The third-order valence-electron chi connectivity index (χ3n) is 3.22. The molecule has 100 valence electrons. The Labute approximate surface area is 112 Å². The van der Waals surface area contributed by atoms with E-state index in [0.717, 1.165) is 5.56 Å². The number of benzene rings is 1. The summed E-state index contributed by atoms with van der Waals surface area (Å²) < 4.78 is 9.85. The van der Waals surface area contributed by atoms with Crippen LogP contribution in [0.15, 0.2) is 41.7 Å². The van der Waals surface area contributed by atoms with Gasteiger partial charge in [0, 0.05) is 0 Å². The minimum absolute atomic E-state index is 0.283. The standard InChI is InChI=1S/C15H16O4/c1-10-13(15(17)18-2)9-12(14(16)19-10)8-11-6-4-3-5-7-11/h3-7,12H,8-9H2,1-2H3/t12-/m1/s1. The number of methoxy groups -OCH3 is 1. The van der Waals surface area contributed by atoms with Gasteiger partial charge in [-0.3, -0.25) is 4.79 Å². The number of esters is 2. The van der Waals surface area contributed by atoms with Crippen molar-refractivity contribution in [3.8, 4) is 0 Å². The molecule has 0 fully saturated rings. The first kappa shape index (κ1) is 13.3. The minimum atomic E-state index is -0.428. The Morgan fingerprint density at radius 3 is 2.68 bits per heavy atom. The number of hydrogen-bond donors (Lipinski definition) is 0. The number of carbonyl (C=O) groups excluding carboxylic acids is 2. The molecule has 1 aromatic rings. The summed E-state index contributed by atoms with van der Waals surface area (Å²) in [5.41, 5.74) is 1.50. The monoisotopic (exact) mass is 260 g/mol. The van der Waals surface area contributed by atoms with Crippen molar-refractivity contribution in [1.82, 2.24) is 0 Å². The van der Waals surface area contributed by atoms with Crippen LogP contribution in [0.5, 0.6) is 0 Å². The predicted molar refractivity (Wildman–Crippen MR) is 69.1 cm³/mol. The molecule has 4 heteroatoms. The van der Waals surface area contributed by atoms with E-state index in [-0.39, 0.29) is 11.9 Å². The Bertz CT molecular complexity index is 516. The maximum atomic E-state index is 11.9. The van der Waals surface area contributed by atoms with Gasteiger partial charge in [-0.05, 0) is 25.3 Å². The summed E-state index contributed by atoms with van der Waals surface area (Å²) in [4.78, 5) is 23.5. The fourth-order valence-electron chi connectivity index (χ4n) is 2.17. The van der Waals surface area contributed by atoms with Crippen molar-refractivity contribution in [2.45, 2.75) is 19.8 Å². The van der Waals surface area contributed by atoms with Gasteiger partial charge in [0.15, 0.2) is 0 Å². The molecule has 0 saturated carbocycles. The van der Waals surface area contributed by atoms with Crippen molar-refractivity contribution >= 4 is 11.9 Å². The molecular formula is C15H16O4. The molecule has 1 aromatic carbocycles. The summed E-state index contributed by atoms with van der Waals surface area (Å²) in [6.45, 7) is 1.61. The maximum Gasteiger partial charge on any atom is 0.337 e. The molecule has 1 heterocycles. The van der Waals surface area contributed by atoms with Crippen LogP contribution in [0.2, 0.25) is 0 Å². The summed E-state index contributed by atoms with van der Waals surface area (Å²) in [6.07, 6.45) is 0.930. The molecule has 1 aliphatic rings. The first-order valence-corrected chi connectivity index (χ1v) is 6.15. The highest BCUT2D eigenvalue weighted by Gasteiger charge is 2.32. The van der Waals surface area contributed by atoms with Crippen molar-refractivity contribution in [2.24, 2.45) is 5.92 Å². The summed E-state index contributed by atoms with van der Waals surface area (Å²) in [6, 6.07) is 9.68. The summed E-state index contributed by atoms with van der Waals surface area (Å²) in [5, 5.41) is 0. The van der Waals surface area contributed by atoms with Gasteiger partial charge in [-0.2, -0.15) is 0 Å². The molecule has 1 atom stereocenters. The van der Waals surface area contributed by atoms with E-state index in [4.69, 9.17) is 9.47 Å². The van der Waals surface area contributed by atoms with Crippen molar-refractivity contribution in [3.05, 3.63) is 47.2 Å². The predicted octanol–water partition coefficient (Wildman–Crippen LogP) is 2.24. The largest absolute Gasteiger partial charge is 0.466 e. The number of allylic oxidation sites excluding steroid dienone is 1. The second-order valence-corrected chi connectivity index (χ2v) is 4.54. The molecule has 0 N–H and O–H groups in total. The number of carbonyl (C=O) groups is 2. The van der Waals surface area contributed by atoms with Crippen molar-refractivity contribution in [1.29, 1.82) is 0 Å². The van der Waals surface area contributed by atoms with Gasteiger partial charge in [0.1, 0.15) is 5.76 Å². The lowest BCUT2D eigenvalue weighted by Crippen LogP contribution is -2.28. The van der Waals surface area contributed by atoms with Crippen LogP contribution in [-0.4, -0.2) is 19.0 Å². The van der Waals surface area contributed by atoms with Crippen LogP contribution in [0.25, 0.3) is 0 Å². The molecule has 0 radical (unpaired) electrons. The molecule has 0 unspecified atom stereocenters. The van der Waals surface area contributed by atoms with E-state index >= 15 is 0 Å². The molecule has 0 amide bonds. The molecule has 0 aliphatic carbocycles. The fourth-order valence-corrected chi connectivity index (χ4v) is 2.17. The third-order valence-corrected chi connectivity index (χ3v) is 3.22. The smallest absolute Gasteiger partial charge is 0.337 e. The second-order valence-electron chi connectivity index (χ2n) is 4.54. The highest BCUT2D eigenvalue weighted by Crippen LogP contribution is 2.28. The SMILES string of the molecule is COC(=O)C1=C(C)OC(=O)[C@H](Cc2ccccc2)C1. The van der Waals surface area contributed by atoms with Crippen LogP contribution < -0.4 is 0 Å². The van der Waals surface area contributed by atoms with Crippen molar-refractivity contribution < 1.29 is 19.1 Å². The zero-order valence-electron chi connectivity index (χ0n) is 11.0. The Hall–Kier alpha value is -2.10. The first-order valence-electron chi connectivity index (χ1n) is 6.15. The van der Waals surface area contributed by atoms with Crippen LogP contribution in [0.1, 0.15) is 18.9 Å². The average molecular weight is 260 g/mol. The average Bonchev–Trinajstić information content (AvgIpc) is 2.42. The zero-order valence-corrected chi connectivity index (χ0v) is 11.0. The molecule has 0 saturated heterocycles. The number of rotatable bonds is 3. The lowest BCUT2D eigenvalue weighted by molar-refractivity contribution is -0.147. The molecule has 2 rings (SSSR count). The molecule has 19 heavy (non-hydrogen) atoms. The van der Waals surface area contributed by atoms with E-state index in [1.165, 1.54) is 7.11 Å². The zero-order chi connectivity index (χ0) is 13.8. The molecule has 0 spiro atoms. The molecule has 4 nitrogen and oxygen atoms in total. The molecule has 0 bridgehead atoms.